The highest BCUT2D eigenvalue weighted by Gasteiger charge is 2.38. The van der Waals surface area contributed by atoms with Gasteiger partial charge in [0.15, 0.2) is 0 Å². The molecule has 1 heterocycles. The molecule has 0 aliphatic carbocycles. The maximum Gasteiger partial charge on any atom is 0.336 e. The number of nitrogens with one attached hydrogen (secondary N) is 1. The van der Waals surface area contributed by atoms with Crippen molar-refractivity contribution in [1.82, 2.24) is 5.32 Å². The van der Waals surface area contributed by atoms with Gasteiger partial charge in [0.1, 0.15) is 5.75 Å². The van der Waals surface area contributed by atoms with Crippen LogP contribution in [0.15, 0.2) is 71.1 Å². The first-order chi connectivity index (χ1) is 15.7. The van der Waals surface area contributed by atoms with Gasteiger partial charge in [-0.15, -0.1) is 0 Å². The van der Waals surface area contributed by atoms with Gasteiger partial charge in [0.05, 0.1) is 35.7 Å². The van der Waals surface area contributed by atoms with E-state index in [2.05, 4.69) is 5.32 Å². The number of phenolic OH excluding ortho intramolecular Hbond substituents is 1. The third-order valence-corrected chi connectivity index (χ3v) is 5.36. The van der Waals surface area contributed by atoms with Crippen LogP contribution < -0.4 is 5.32 Å². The predicted molar refractivity (Wildman–Crippen MR) is 119 cm³/mol. The molecule has 2 aromatic rings. The topological polar surface area (TPSA) is 128 Å². The summed E-state index contributed by atoms with van der Waals surface area (Å²) < 4.78 is 10.4. The van der Waals surface area contributed by atoms with Crippen LogP contribution in [0.5, 0.6) is 5.75 Å². The molecule has 0 bridgehead atoms. The van der Waals surface area contributed by atoms with Gasteiger partial charge in [-0.05, 0) is 37.1 Å². The number of dihydropyridines is 1. The van der Waals surface area contributed by atoms with E-state index in [-0.39, 0.29) is 29.2 Å². The van der Waals surface area contributed by atoms with Crippen molar-refractivity contribution in [1.29, 1.82) is 0 Å². The summed E-state index contributed by atoms with van der Waals surface area (Å²) in [6, 6.07) is 12.3. The number of methoxy groups -OCH3 is 1. The minimum atomic E-state index is -0.903. The number of benzene rings is 2. The van der Waals surface area contributed by atoms with Crippen molar-refractivity contribution in [2.24, 2.45) is 0 Å². The quantitative estimate of drug-likeness (QED) is 0.371. The molecule has 9 heteroatoms. The lowest BCUT2D eigenvalue weighted by Gasteiger charge is -2.30. The molecule has 2 N–H and O–H groups in total. The Morgan fingerprint density at radius 3 is 2.30 bits per heavy atom. The zero-order valence-corrected chi connectivity index (χ0v) is 18.5. The van der Waals surface area contributed by atoms with E-state index < -0.39 is 22.8 Å². The summed E-state index contributed by atoms with van der Waals surface area (Å²) in [6.45, 7) is 3.42. The van der Waals surface area contributed by atoms with Gasteiger partial charge < -0.3 is 19.9 Å². The van der Waals surface area contributed by atoms with Crippen LogP contribution in [-0.2, 0) is 25.5 Å². The van der Waals surface area contributed by atoms with Crippen molar-refractivity contribution in [3.8, 4) is 5.75 Å². The van der Waals surface area contributed by atoms with Crippen molar-refractivity contribution in [2.75, 3.05) is 13.7 Å². The van der Waals surface area contributed by atoms with Crippen LogP contribution in [0.4, 0.5) is 5.69 Å². The van der Waals surface area contributed by atoms with E-state index in [1.807, 2.05) is 0 Å². The van der Waals surface area contributed by atoms with Gasteiger partial charge in [-0.25, -0.2) is 9.59 Å². The van der Waals surface area contributed by atoms with Crippen LogP contribution in [0.3, 0.4) is 0 Å². The van der Waals surface area contributed by atoms with E-state index in [4.69, 9.17) is 9.47 Å². The summed E-state index contributed by atoms with van der Waals surface area (Å²) in [6.07, 6.45) is 0.423. The fraction of sp³-hybridized carbons (Fsp3) is 0.250. The summed E-state index contributed by atoms with van der Waals surface area (Å²) >= 11 is 0. The fourth-order valence-electron chi connectivity index (χ4n) is 3.80. The molecule has 0 amide bonds. The number of nitrogens with zero attached hydrogens (tertiary/aromatic N) is 1. The number of non-ortho nitro benzene ring substituents is 1. The van der Waals surface area contributed by atoms with Crippen molar-refractivity contribution < 1.29 is 29.1 Å². The van der Waals surface area contributed by atoms with E-state index in [0.29, 0.717) is 23.4 Å². The zero-order valence-electron chi connectivity index (χ0n) is 18.5. The van der Waals surface area contributed by atoms with Gasteiger partial charge in [0.25, 0.3) is 5.69 Å². The highest BCUT2D eigenvalue weighted by Crippen LogP contribution is 2.40. The number of nitro groups is 1. The molecule has 9 nitrogen and oxygen atoms in total. The average molecular weight is 452 g/mol. The summed E-state index contributed by atoms with van der Waals surface area (Å²) in [5, 5.41) is 23.7. The molecule has 0 radical (unpaired) electrons. The molecule has 1 aliphatic rings. The number of ether oxygens (including phenoxy) is 2. The number of carbonyl (C=O) groups excluding carboxylic acids is 2. The van der Waals surface area contributed by atoms with Gasteiger partial charge in [-0.3, -0.25) is 10.1 Å². The van der Waals surface area contributed by atoms with Crippen LogP contribution in [0.1, 0.15) is 30.9 Å². The number of esters is 2. The Bertz CT molecular complexity index is 1150. The molecule has 0 spiro atoms. The summed E-state index contributed by atoms with van der Waals surface area (Å²) in [5.74, 6) is -2.07. The van der Waals surface area contributed by atoms with Crippen LogP contribution in [0.2, 0.25) is 0 Å². The van der Waals surface area contributed by atoms with Crippen LogP contribution in [-0.4, -0.2) is 35.7 Å². The molecule has 0 saturated carbocycles. The number of hydrogen-bond acceptors (Lipinski definition) is 8. The molecule has 2 aromatic carbocycles. The highest BCUT2D eigenvalue weighted by molar-refractivity contribution is 5.99. The molecule has 0 aromatic heterocycles. The number of aromatic hydroxyl groups is 1. The number of phenols is 1. The number of hydrogen-bond donors (Lipinski definition) is 2. The largest absolute Gasteiger partial charge is 0.508 e. The molecule has 1 atom stereocenters. The van der Waals surface area contributed by atoms with Gasteiger partial charge in [-0.1, -0.05) is 24.3 Å². The third kappa shape index (κ3) is 5.20. The monoisotopic (exact) mass is 452 g/mol. The molecule has 0 saturated heterocycles. The molecule has 3 rings (SSSR count). The first-order valence-electron chi connectivity index (χ1n) is 10.2. The second kappa shape index (κ2) is 9.99. The first kappa shape index (κ1) is 23.5. The Kier molecular flexibility index (Phi) is 7.12. The van der Waals surface area contributed by atoms with E-state index in [1.165, 1.54) is 25.3 Å². The molecule has 0 fully saturated rings. The summed E-state index contributed by atoms with van der Waals surface area (Å²) in [7, 11) is 1.23. The third-order valence-electron chi connectivity index (χ3n) is 5.36. The maximum atomic E-state index is 13.1. The van der Waals surface area contributed by atoms with Crippen molar-refractivity contribution in [3.63, 3.8) is 0 Å². The van der Waals surface area contributed by atoms with Crippen molar-refractivity contribution >= 4 is 17.6 Å². The second-order valence-corrected chi connectivity index (χ2v) is 7.53. The summed E-state index contributed by atoms with van der Waals surface area (Å²) in [5.41, 5.74) is 2.42. The SMILES string of the molecule is COC(=O)C1=C(C)NC(C)=C(C(=O)OCCc2ccc(O)cc2)C1c1cccc([N+](=O)[O-])c1. The predicted octanol–water partition coefficient (Wildman–Crippen LogP) is 3.49. The number of carbonyl (C=O) groups is 2. The standard InChI is InChI=1S/C24H24N2O7/c1-14-20(23(28)32-3)22(17-5-4-6-18(13-17)26(30)31)21(15(2)25-14)24(29)33-12-11-16-7-9-19(27)10-8-16/h4-10,13,22,25,27H,11-12H2,1-3H3. The number of nitro benzene ring substituents is 1. The molecular weight excluding hydrogens is 428 g/mol. The van der Waals surface area contributed by atoms with E-state index in [9.17, 15) is 24.8 Å². The molecular formula is C24H24N2O7. The normalized spacial score (nSPS) is 15.7. The average Bonchev–Trinajstić information content (AvgIpc) is 2.79. The Morgan fingerprint density at radius 1 is 1.06 bits per heavy atom. The van der Waals surface area contributed by atoms with Crippen molar-refractivity contribution in [2.45, 2.75) is 26.2 Å². The highest BCUT2D eigenvalue weighted by atomic mass is 16.6. The van der Waals surface area contributed by atoms with Crippen LogP contribution in [0, 0.1) is 10.1 Å². The Labute approximate surface area is 190 Å². The smallest absolute Gasteiger partial charge is 0.336 e. The van der Waals surface area contributed by atoms with E-state index in [1.54, 1.807) is 44.2 Å². The second-order valence-electron chi connectivity index (χ2n) is 7.53. The molecule has 1 aliphatic heterocycles. The number of allylic oxidation sites excluding steroid dienone is 2. The van der Waals surface area contributed by atoms with Gasteiger partial charge in [-0.2, -0.15) is 0 Å². The zero-order chi connectivity index (χ0) is 24.1. The van der Waals surface area contributed by atoms with E-state index in [0.717, 1.165) is 5.56 Å². The molecule has 172 valence electrons. The lowest BCUT2D eigenvalue weighted by molar-refractivity contribution is -0.384. The summed E-state index contributed by atoms with van der Waals surface area (Å²) in [4.78, 5) is 36.6. The first-order valence-corrected chi connectivity index (χ1v) is 10.2. The van der Waals surface area contributed by atoms with E-state index >= 15 is 0 Å². The maximum absolute atomic E-state index is 13.1. The Hall–Kier alpha value is -4.14. The van der Waals surface area contributed by atoms with Gasteiger partial charge >= 0.3 is 11.9 Å². The lowest BCUT2D eigenvalue weighted by Crippen LogP contribution is -2.32. The number of rotatable bonds is 7. The van der Waals surface area contributed by atoms with Gasteiger partial charge in [0, 0.05) is 29.9 Å². The fourth-order valence-corrected chi connectivity index (χ4v) is 3.80. The minimum Gasteiger partial charge on any atom is -0.508 e. The Morgan fingerprint density at radius 2 is 1.70 bits per heavy atom. The van der Waals surface area contributed by atoms with Gasteiger partial charge in [0.2, 0.25) is 0 Å². The lowest BCUT2D eigenvalue weighted by atomic mass is 9.80. The minimum absolute atomic E-state index is 0.0678. The Balaban J connectivity index is 1.94. The van der Waals surface area contributed by atoms with Crippen molar-refractivity contribution in [3.05, 3.63) is 92.3 Å². The van der Waals surface area contributed by atoms with Crippen LogP contribution >= 0.6 is 0 Å². The molecule has 1 unspecified atom stereocenters. The van der Waals surface area contributed by atoms with Crippen LogP contribution in [0.25, 0.3) is 0 Å². The molecule has 33 heavy (non-hydrogen) atoms.